The number of amides is 5. The number of rotatable bonds is 18. The molecule has 0 radical (unpaired) electrons. The van der Waals surface area contributed by atoms with Crippen molar-refractivity contribution in [3.05, 3.63) is 90.1 Å². The minimum absolute atomic E-state index is 0.0298. The summed E-state index contributed by atoms with van der Waals surface area (Å²) >= 11 is 0. The Labute approximate surface area is 445 Å². The van der Waals surface area contributed by atoms with E-state index in [1.807, 2.05) is 24.3 Å². The van der Waals surface area contributed by atoms with Crippen molar-refractivity contribution in [1.82, 2.24) is 41.5 Å². The topological polar surface area (TPSA) is 407 Å². The van der Waals surface area contributed by atoms with Crippen LogP contribution in [0.3, 0.4) is 0 Å². The van der Waals surface area contributed by atoms with E-state index in [2.05, 4.69) is 51.5 Å². The molecule has 0 unspecified atom stereocenters. The van der Waals surface area contributed by atoms with E-state index in [1.54, 1.807) is 36.5 Å². The number of carbonyl (C=O) groups is 9. The molecule has 1 aliphatic heterocycles. The number of carboxylic acid groups (broad SMARTS) is 1. The summed E-state index contributed by atoms with van der Waals surface area (Å²) in [6.07, 6.45) is 3.99. The fourth-order valence-corrected chi connectivity index (χ4v) is 9.21. The predicted molar refractivity (Wildman–Crippen MR) is 286 cm³/mol. The Balaban J connectivity index is 1.54. The summed E-state index contributed by atoms with van der Waals surface area (Å²) in [5.74, 6) is -8.85. The summed E-state index contributed by atoms with van der Waals surface area (Å²) < 4.78 is 0. The van der Waals surface area contributed by atoms with Crippen LogP contribution in [0.5, 0.6) is 0 Å². The highest BCUT2D eigenvalue weighted by Gasteiger charge is 2.35. The third-order valence-electron chi connectivity index (χ3n) is 13.3. The number of nitrogens with two attached hydrogens (primary N) is 4. The summed E-state index contributed by atoms with van der Waals surface area (Å²) in [4.78, 5) is 144. The van der Waals surface area contributed by atoms with E-state index in [9.17, 15) is 48.3 Å². The molecule has 16 N–H and O–H groups in total. The van der Waals surface area contributed by atoms with Gasteiger partial charge in [0.05, 0.1) is 12.4 Å². The Morgan fingerprint density at radius 2 is 1.43 bits per heavy atom. The first-order chi connectivity index (χ1) is 36.9. The molecule has 3 heterocycles. The van der Waals surface area contributed by atoms with Gasteiger partial charge < -0.3 is 64.6 Å². The van der Waals surface area contributed by atoms with Crippen molar-refractivity contribution in [2.24, 2.45) is 44.8 Å². The molecular weight excluding hydrogens is 993 g/mol. The van der Waals surface area contributed by atoms with Crippen molar-refractivity contribution in [2.75, 3.05) is 13.1 Å². The Kier molecular flexibility index (Phi) is 23.3. The molecular formula is C53H72N14O10. The first-order valence-electron chi connectivity index (χ1n) is 25.8. The van der Waals surface area contributed by atoms with Crippen LogP contribution in [0.15, 0.2) is 83.3 Å². The number of para-hydroxylation sites is 1. The average molecular weight is 1070 g/mol. The van der Waals surface area contributed by atoms with E-state index in [0.29, 0.717) is 16.8 Å². The van der Waals surface area contributed by atoms with Gasteiger partial charge in [-0.15, -0.1) is 0 Å². The number of carboxylic acids is 1. The number of hydrogen-bond donors (Lipinski definition) is 12. The average Bonchev–Trinajstić information content (AvgIpc) is 4.06. The number of aliphatic carboxylic acids is 1. The van der Waals surface area contributed by atoms with Crippen molar-refractivity contribution in [2.45, 2.75) is 133 Å². The van der Waals surface area contributed by atoms with Crippen molar-refractivity contribution < 1.29 is 48.3 Å². The zero-order chi connectivity index (χ0) is 55.9. The molecule has 4 aromatic rings. The van der Waals surface area contributed by atoms with Gasteiger partial charge in [0, 0.05) is 92.9 Å². The number of H-pyrrole nitrogens is 2. The monoisotopic (exact) mass is 1060 g/mol. The summed E-state index contributed by atoms with van der Waals surface area (Å²) in [5, 5.41) is 24.5. The molecule has 2 aromatic heterocycles. The quantitative estimate of drug-likeness (QED) is 0.0369. The van der Waals surface area contributed by atoms with Crippen molar-refractivity contribution in [3.8, 4) is 0 Å². The highest BCUT2D eigenvalue weighted by atomic mass is 16.4. The summed E-state index contributed by atoms with van der Waals surface area (Å²) in [6, 6.07) is 9.48. The molecule has 77 heavy (non-hydrogen) atoms. The zero-order valence-corrected chi connectivity index (χ0v) is 43.3. The third-order valence-corrected chi connectivity index (χ3v) is 13.3. The minimum atomic E-state index is -1.45. The molecule has 0 bridgehead atoms. The molecule has 5 rings (SSSR count). The lowest BCUT2D eigenvalue weighted by molar-refractivity contribution is -0.143. The van der Waals surface area contributed by atoms with Crippen LogP contribution in [0, 0.1) is 11.8 Å². The first kappa shape index (κ1) is 59.4. The molecule has 0 spiro atoms. The molecule has 414 valence electrons. The van der Waals surface area contributed by atoms with Crippen LogP contribution in [0.2, 0.25) is 0 Å². The van der Waals surface area contributed by atoms with Crippen LogP contribution < -0.4 is 49.5 Å². The number of carbonyl (C=O) groups excluding carboxylic acids is 8. The molecule has 0 aliphatic carbocycles. The Morgan fingerprint density at radius 3 is 2.12 bits per heavy atom. The maximum absolute atomic E-state index is 14.9. The maximum Gasteiger partial charge on any atom is 0.326 e. The lowest BCUT2D eigenvalue weighted by atomic mass is 9.83. The van der Waals surface area contributed by atoms with E-state index >= 15 is 0 Å². The van der Waals surface area contributed by atoms with Gasteiger partial charge in [-0.2, -0.15) is 0 Å². The number of aromatic nitrogens is 3. The predicted octanol–water partition coefficient (Wildman–Crippen LogP) is 0.629. The molecule has 24 heteroatoms. The maximum atomic E-state index is 14.9. The Bertz CT molecular complexity index is 2720. The molecule has 7 atom stereocenters. The van der Waals surface area contributed by atoms with Crippen LogP contribution in [-0.2, 0) is 62.4 Å². The number of aliphatic imine (C=N–C) groups is 2. The highest BCUT2D eigenvalue weighted by Crippen LogP contribution is 2.26. The van der Waals surface area contributed by atoms with Crippen molar-refractivity contribution in [3.63, 3.8) is 0 Å². The first-order valence-corrected chi connectivity index (χ1v) is 25.8. The number of guanidine groups is 2. The van der Waals surface area contributed by atoms with Gasteiger partial charge in [0.25, 0.3) is 0 Å². The smallest absolute Gasteiger partial charge is 0.326 e. The summed E-state index contributed by atoms with van der Waals surface area (Å²) in [6.45, 7) is 1.45. The molecule has 0 saturated carbocycles. The fraction of sp³-hybridized carbons (Fsp3) is 0.472. The van der Waals surface area contributed by atoms with Crippen LogP contribution in [0.4, 0.5) is 0 Å². The second-order valence-corrected chi connectivity index (χ2v) is 19.3. The van der Waals surface area contributed by atoms with Gasteiger partial charge in [0.15, 0.2) is 17.7 Å². The van der Waals surface area contributed by atoms with Gasteiger partial charge in [-0.05, 0) is 75.0 Å². The molecule has 1 fully saturated rings. The Morgan fingerprint density at radius 1 is 0.740 bits per heavy atom. The number of fused-ring (bicyclic) bond motifs is 1. The van der Waals surface area contributed by atoms with Gasteiger partial charge in [-0.25, -0.2) is 9.78 Å². The van der Waals surface area contributed by atoms with E-state index in [-0.39, 0.29) is 121 Å². The SMILES string of the molecule is CC(=O)N[C@@H](CCCN=C(N)N)C(=O)N[C@H]1CCC(=O)CCCC[C@@H](C(=O)O)NC(=O)[C@H](Cc2c[nH]c3ccccc23)CC(=O)[C@H](CCCN=C(N)N)CC(=O)[C@@H](Cc2ccccc2)NC(=O)[C@H](Cc2cnc[nH]2)NC1=O. The lowest BCUT2D eigenvalue weighted by Crippen LogP contribution is -2.58. The van der Waals surface area contributed by atoms with Crippen molar-refractivity contribution in [1.29, 1.82) is 0 Å². The number of hydrogen-bond acceptors (Lipinski definition) is 12. The summed E-state index contributed by atoms with van der Waals surface area (Å²) in [5.41, 5.74) is 24.7. The van der Waals surface area contributed by atoms with E-state index in [4.69, 9.17) is 22.9 Å². The zero-order valence-electron chi connectivity index (χ0n) is 43.3. The number of nitrogens with one attached hydrogen (secondary N) is 7. The fourth-order valence-electron chi connectivity index (χ4n) is 9.21. The molecule has 2 aromatic carbocycles. The third kappa shape index (κ3) is 20.0. The van der Waals surface area contributed by atoms with E-state index in [0.717, 1.165) is 10.9 Å². The van der Waals surface area contributed by atoms with Gasteiger partial charge in [0.1, 0.15) is 35.7 Å². The molecule has 24 nitrogen and oxygen atoms in total. The molecule has 1 aliphatic rings. The van der Waals surface area contributed by atoms with Gasteiger partial charge in [0.2, 0.25) is 29.5 Å². The highest BCUT2D eigenvalue weighted by molar-refractivity contribution is 5.98. The molecule has 5 amide bonds. The largest absolute Gasteiger partial charge is 0.480 e. The van der Waals surface area contributed by atoms with Crippen LogP contribution >= 0.6 is 0 Å². The van der Waals surface area contributed by atoms with Crippen molar-refractivity contribution >= 4 is 75.7 Å². The standard InChI is InChI=1S/C53H72N14O10/c1-31(68)63-40(18-10-22-60-53(56)57)48(73)64-41-20-19-37(69)14-5-7-17-42(51(76)77)65-47(72)34(24-35-28-61-39-16-8-6-15-38(35)39)26-45(70)33(13-9-21-59-52(54)55)25-46(71)43(23-32-11-3-2-4-12-32)66-50(75)44(67-49(41)74)27-36-29-58-30-62-36/h2-4,6,8,11-12,15-16,28-30,33-34,40-44,61H,5,7,9-10,13-14,17-27H2,1H3,(H,58,62)(H,63,68)(H,64,73)(H,65,72)(H,66,75)(H,67,74)(H,76,77)(H4,54,55,59)(H4,56,57,60)/t33-,34-,40+,41+,42+,43-,44+/m1/s1. The lowest BCUT2D eigenvalue weighted by Gasteiger charge is -2.27. The van der Waals surface area contributed by atoms with Crippen LogP contribution in [0.25, 0.3) is 10.9 Å². The normalized spacial score (nSPS) is 21.2. The number of benzene rings is 2. The number of nitrogens with zero attached hydrogens (tertiary/aromatic N) is 3. The Hall–Kier alpha value is -8.44. The van der Waals surface area contributed by atoms with E-state index in [1.165, 1.54) is 19.4 Å². The summed E-state index contributed by atoms with van der Waals surface area (Å²) in [7, 11) is 0. The second kappa shape index (κ2) is 30.2. The number of Topliss-reactive ketones (excluding diaryl/α,β-unsaturated/α-hetero) is 3. The van der Waals surface area contributed by atoms with Crippen LogP contribution in [0.1, 0.15) is 101 Å². The second-order valence-electron chi connectivity index (χ2n) is 19.3. The number of aromatic amines is 2. The van der Waals surface area contributed by atoms with Crippen LogP contribution in [-0.4, -0.2) is 128 Å². The number of ketones is 3. The number of imidazole rings is 1. The van der Waals surface area contributed by atoms with Gasteiger partial charge in [-0.1, -0.05) is 55.0 Å². The molecule has 1 saturated heterocycles. The van der Waals surface area contributed by atoms with E-state index < -0.39 is 95.5 Å². The van der Waals surface area contributed by atoms with Gasteiger partial charge in [-0.3, -0.25) is 48.3 Å². The minimum Gasteiger partial charge on any atom is -0.480 e. The van der Waals surface area contributed by atoms with Gasteiger partial charge >= 0.3 is 5.97 Å².